The van der Waals surface area contributed by atoms with E-state index in [1.165, 1.54) is 0 Å². The predicted octanol–water partition coefficient (Wildman–Crippen LogP) is 2.97. The first-order valence-corrected chi connectivity index (χ1v) is 7.62. The molecule has 5 nitrogen and oxygen atoms in total. The van der Waals surface area contributed by atoms with Crippen LogP contribution in [0.3, 0.4) is 0 Å². The second kappa shape index (κ2) is 7.64. The molecule has 0 bridgehead atoms. The van der Waals surface area contributed by atoms with E-state index in [0.717, 1.165) is 35.4 Å². The Labute approximate surface area is 147 Å². The van der Waals surface area contributed by atoms with Crippen LogP contribution in [-0.2, 0) is 12.8 Å². The van der Waals surface area contributed by atoms with Crippen LogP contribution < -0.4 is 14.8 Å². The molecule has 0 fully saturated rings. The first-order chi connectivity index (χ1) is 11.1. The molecule has 3 rings (SSSR count). The number of benzene rings is 2. The van der Waals surface area contributed by atoms with Gasteiger partial charge in [0, 0.05) is 6.04 Å². The fourth-order valence-corrected chi connectivity index (χ4v) is 3.18. The van der Waals surface area contributed by atoms with Gasteiger partial charge in [0.05, 0.1) is 14.2 Å². The summed E-state index contributed by atoms with van der Waals surface area (Å²) in [5.74, 6) is 1.28. The molecule has 1 heterocycles. The number of ether oxygens (including phenoxy) is 2. The van der Waals surface area contributed by atoms with Crippen molar-refractivity contribution in [2.45, 2.75) is 18.9 Å². The fraction of sp³-hybridized carbons (Fsp3) is 0.333. The average molecular weight is 352 g/mol. The van der Waals surface area contributed by atoms with E-state index in [1.807, 2.05) is 18.2 Å². The number of hydrogen-bond acceptors (Lipinski definition) is 5. The Balaban J connectivity index is 0.00000208. The van der Waals surface area contributed by atoms with Crippen molar-refractivity contribution >= 4 is 12.4 Å². The number of phenols is 2. The van der Waals surface area contributed by atoms with Crippen molar-refractivity contribution in [3.05, 3.63) is 47.0 Å². The van der Waals surface area contributed by atoms with E-state index in [0.29, 0.717) is 12.2 Å². The van der Waals surface area contributed by atoms with Gasteiger partial charge in [0.2, 0.25) is 0 Å². The zero-order chi connectivity index (χ0) is 16.4. The molecule has 1 aliphatic heterocycles. The Kier molecular flexibility index (Phi) is 5.80. The van der Waals surface area contributed by atoms with Gasteiger partial charge in [0.1, 0.15) is 0 Å². The molecule has 2 aromatic rings. The standard InChI is InChI=1S/C18H21NO4.ClH/c1-22-17-5-3-4-12(18(17)23-2)8-14-13-10-16(21)15(20)9-11(13)6-7-19-14;/h3-5,9-10,14,19-21H,6-8H2,1-2H3;1H. The molecular formula is C18H22ClNO4. The Morgan fingerprint density at radius 2 is 1.88 bits per heavy atom. The van der Waals surface area contributed by atoms with Crippen molar-refractivity contribution in [3.63, 3.8) is 0 Å². The van der Waals surface area contributed by atoms with Gasteiger partial charge in [-0.2, -0.15) is 0 Å². The lowest BCUT2D eigenvalue weighted by Gasteiger charge is -2.28. The number of nitrogens with one attached hydrogen (secondary N) is 1. The largest absolute Gasteiger partial charge is 0.504 e. The van der Waals surface area contributed by atoms with Crippen LogP contribution in [0.4, 0.5) is 0 Å². The lowest BCUT2D eigenvalue weighted by Crippen LogP contribution is -2.31. The third-order valence-electron chi connectivity index (χ3n) is 4.31. The van der Waals surface area contributed by atoms with Gasteiger partial charge in [0.25, 0.3) is 0 Å². The highest BCUT2D eigenvalue weighted by atomic mass is 35.5. The molecular weight excluding hydrogens is 330 g/mol. The SMILES string of the molecule is COc1cccc(CC2NCCc3cc(O)c(O)cc32)c1OC.Cl. The average Bonchev–Trinajstić information content (AvgIpc) is 2.56. The van der Waals surface area contributed by atoms with Crippen molar-refractivity contribution in [3.8, 4) is 23.0 Å². The summed E-state index contributed by atoms with van der Waals surface area (Å²) in [5.41, 5.74) is 3.10. The highest BCUT2D eigenvalue weighted by Crippen LogP contribution is 2.38. The predicted molar refractivity (Wildman–Crippen MR) is 94.7 cm³/mol. The van der Waals surface area contributed by atoms with E-state index in [-0.39, 0.29) is 29.9 Å². The first kappa shape index (κ1) is 18.2. The molecule has 1 aliphatic rings. The van der Waals surface area contributed by atoms with Crippen molar-refractivity contribution < 1.29 is 19.7 Å². The van der Waals surface area contributed by atoms with Gasteiger partial charge in [-0.1, -0.05) is 12.1 Å². The number of halogens is 1. The number of rotatable bonds is 4. The van der Waals surface area contributed by atoms with Gasteiger partial charge >= 0.3 is 0 Å². The molecule has 0 aliphatic carbocycles. The van der Waals surface area contributed by atoms with Gasteiger partial charge < -0.3 is 25.0 Å². The summed E-state index contributed by atoms with van der Waals surface area (Å²) in [5, 5.41) is 23.0. The van der Waals surface area contributed by atoms with E-state index < -0.39 is 0 Å². The summed E-state index contributed by atoms with van der Waals surface area (Å²) in [4.78, 5) is 0. The lowest BCUT2D eigenvalue weighted by atomic mass is 9.89. The monoisotopic (exact) mass is 351 g/mol. The molecule has 130 valence electrons. The van der Waals surface area contributed by atoms with E-state index >= 15 is 0 Å². The number of phenolic OH excluding ortho intramolecular Hbond substituents is 2. The zero-order valence-electron chi connectivity index (χ0n) is 13.7. The molecule has 3 N–H and O–H groups in total. The van der Waals surface area contributed by atoms with E-state index in [9.17, 15) is 10.2 Å². The lowest BCUT2D eigenvalue weighted by molar-refractivity contribution is 0.349. The number of fused-ring (bicyclic) bond motifs is 1. The maximum Gasteiger partial charge on any atom is 0.163 e. The summed E-state index contributed by atoms with van der Waals surface area (Å²) < 4.78 is 10.8. The molecule has 0 radical (unpaired) electrons. The van der Waals surface area contributed by atoms with E-state index in [4.69, 9.17) is 9.47 Å². The third-order valence-corrected chi connectivity index (χ3v) is 4.31. The van der Waals surface area contributed by atoms with Crippen molar-refractivity contribution in [2.24, 2.45) is 0 Å². The van der Waals surface area contributed by atoms with Crippen LogP contribution in [-0.4, -0.2) is 31.0 Å². The van der Waals surface area contributed by atoms with Crippen LogP contribution in [0.1, 0.15) is 22.7 Å². The minimum Gasteiger partial charge on any atom is -0.504 e. The van der Waals surface area contributed by atoms with Crippen molar-refractivity contribution in [1.29, 1.82) is 0 Å². The van der Waals surface area contributed by atoms with Gasteiger partial charge in [-0.25, -0.2) is 0 Å². The molecule has 0 aromatic heterocycles. The fourth-order valence-electron chi connectivity index (χ4n) is 3.18. The highest BCUT2D eigenvalue weighted by molar-refractivity contribution is 5.85. The Bertz CT molecular complexity index is 720. The van der Waals surface area contributed by atoms with Crippen LogP contribution in [0.15, 0.2) is 30.3 Å². The topological polar surface area (TPSA) is 71.0 Å². The maximum absolute atomic E-state index is 9.82. The second-order valence-electron chi connectivity index (χ2n) is 5.65. The van der Waals surface area contributed by atoms with Crippen LogP contribution in [0.25, 0.3) is 0 Å². The summed E-state index contributed by atoms with van der Waals surface area (Å²) in [6, 6.07) is 9.17. The van der Waals surface area contributed by atoms with Gasteiger partial charge in [0.15, 0.2) is 23.0 Å². The molecule has 2 aromatic carbocycles. The van der Waals surface area contributed by atoms with Crippen LogP contribution >= 0.6 is 12.4 Å². The molecule has 24 heavy (non-hydrogen) atoms. The summed E-state index contributed by atoms with van der Waals surface area (Å²) >= 11 is 0. The number of hydrogen-bond donors (Lipinski definition) is 3. The molecule has 1 unspecified atom stereocenters. The normalized spacial score (nSPS) is 16.0. The zero-order valence-corrected chi connectivity index (χ0v) is 14.5. The molecule has 6 heteroatoms. The number of methoxy groups -OCH3 is 2. The van der Waals surface area contributed by atoms with Crippen molar-refractivity contribution in [2.75, 3.05) is 20.8 Å². The Morgan fingerprint density at radius 1 is 1.12 bits per heavy atom. The van der Waals surface area contributed by atoms with Crippen LogP contribution in [0.2, 0.25) is 0 Å². The number of aromatic hydroxyl groups is 2. The highest BCUT2D eigenvalue weighted by Gasteiger charge is 2.23. The minimum atomic E-state index is -0.0879. The minimum absolute atomic E-state index is 0. The summed E-state index contributed by atoms with van der Waals surface area (Å²) in [7, 11) is 3.25. The second-order valence-corrected chi connectivity index (χ2v) is 5.65. The first-order valence-electron chi connectivity index (χ1n) is 7.62. The van der Waals surface area contributed by atoms with Gasteiger partial charge in [-0.3, -0.25) is 0 Å². The maximum atomic E-state index is 9.82. The smallest absolute Gasteiger partial charge is 0.163 e. The van der Waals surface area contributed by atoms with Gasteiger partial charge in [-0.05, 0) is 54.3 Å². The third kappa shape index (κ3) is 3.37. The summed E-state index contributed by atoms with van der Waals surface area (Å²) in [6.07, 6.45) is 1.53. The van der Waals surface area contributed by atoms with E-state index in [2.05, 4.69) is 5.32 Å². The molecule has 1 atom stereocenters. The Morgan fingerprint density at radius 3 is 2.58 bits per heavy atom. The molecule has 0 amide bonds. The van der Waals surface area contributed by atoms with E-state index in [1.54, 1.807) is 26.4 Å². The molecule has 0 saturated heterocycles. The Hall–Kier alpha value is -2.11. The molecule has 0 saturated carbocycles. The van der Waals surface area contributed by atoms with Crippen LogP contribution in [0, 0.1) is 0 Å². The summed E-state index contributed by atoms with van der Waals surface area (Å²) in [6.45, 7) is 0.828. The number of para-hydroxylation sites is 1. The quantitative estimate of drug-likeness (QED) is 0.739. The van der Waals surface area contributed by atoms with Gasteiger partial charge in [-0.15, -0.1) is 12.4 Å². The molecule has 0 spiro atoms. The van der Waals surface area contributed by atoms with Crippen LogP contribution in [0.5, 0.6) is 23.0 Å². The van der Waals surface area contributed by atoms with Crippen molar-refractivity contribution in [1.82, 2.24) is 5.32 Å².